The number of aliphatic carboxylic acids is 1. The Morgan fingerprint density at radius 2 is 1.94 bits per heavy atom. The van der Waals surface area contributed by atoms with Crippen molar-refractivity contribution in [3.63, 3.8) is 0 Å². The van der Waals surface area contributed by atoms with Gasteiger partial charge in [-0.05, 0) is 39.4 Å². The van der Waals surface area contributed by atoms with Crippen LogP contribution in [0.3, 0.4) is 0 Å². The van der Waals surface area contributed by atoms with Gasteiger partial charge in [0.15, 0.2) is 0 Å². The molecule has 2 aliphatic rings. The first kappa shape index (κ1) is 12.8. The van der Waals surface area contributed by atoms with Gasteiger partial charge in [0.05, 0.1) is 6.42 Å². The third-order valence-corrected chi connectivity index (χ3v) is 4.28. The SMILES string of the molecule is CN1CCCN(C2CCCC2)CC1CC(=O)O. The van der Waals surface area contributed by atoms with Crippen molar-refractivity contribution in [3.05, 3.63) is 0 Å². The fraction of sp³-hybridized carbons (Fsp3) is 0.923. The monoisotopic (exact) mass is 240 g/mol. The second-order valence-electron chi connectivity index (χ2n) is 5.52. The van der Waals surface area contributed by atoms with Crippen LogP contribution in [0.5, 0.6) is 0 Å². The third-order valence-electron chi connectivity index (χ3n) is 4.28. The normalized spacial score (nSPS) is 29.4. The summed E-state index contributed by atoms with van der Waals surface area (Å²) in [6.07, 6.45) is 6.76. The van der Waals surface area contributed by atoms with Gasteiger partial charge in [0.25, 0.3) is 0 Å². The van der Waals surface area contributed by atoms with Crippen molar-refractivity contribution < 1.29 is 9.90 Å². The Morgan fingerprint density at radius 1 is 1.24 bits per heavy atom. The lowest BCUT2D eigenvalue weighted by Gasteiger charge is -2.31. The van der Waals surface area contributed by atoms with Crippen molar-refractivity contribution in [1.29, 1.82) is 0 Å². The number of hydrogen-bond acceptors (Lipinski definition) is 3. The highest BCUT2D eigenvalue weighted by atomic mass is 16.4. The summed E-state index contributed by atoms with van der Waals surface area (Å²) in [4.78, 5) is 15.7. The number of carboxylic acid groups (broad SMARTS) is 1. The summed E-state index contributed by atoms with van der Waals surface area (Å²) in [5.74, 6) is -0.671. The van der Waals surface area contributed by atoms with Gasteiger partial charge in [0, 0.05) is 18.6 Å². The highest BCUT2D eigenvalue weighted by Gasteiger charge is 2.29. The Hall–Kier alpha value is -0.610. The molecule has 1 unspecified atom stereocenters. The Labute approximate surface area is 104 Å². The average molecular weight is 240 g/mol. The van der Waals surface area contributed by atoms with Crippen molar-refractivity contribution in [3.8, 4) is 0 Å². The summed E-state index contributed by atoms with van der Waals surface area (Å²) in [5, 5.41) is 8.98. The first-order valence-electron chi connectivity index (χ1n) is 6.83. The topological polar surface area (TPSA) is 43.8 Å². The molecule has 2 fully saturated rings. The molecule has 0 radical (unpaired) electrons. The predicted molar refractivity (Wildman–Crippen MR) is 67.1 cm³/mol. The van der Waals surface area contributed by atoms with Gasteiger partial charge in [-0.2, -0.15) is 0 Å². The van der Waals surface area contributed by atoms with E-state index in [0.29, 0.717) is 0 Å². The lowest BCUT2D eigenvalue weighted by molar-refractivity contribution is -0.138. The van der Waals surface area contributed by atoms with Gasteiger partial charge < -0.3 is 10.0 Å². The second-order valence-corrected chi connectivity index (χ2v) is 5.52. The van der Waals surface area contributed by atoms with E-state index in [4.69, 9.17) is 5.11 Å². The maximum atomic E-state index is 10.9. The fourth-order valence-corrected chi connectivity index (χ4v) is 3.23. The van der Waals surface area contributed by atoms with E-state index in [0.717, 1.165) is 25.7 Å². The number of carbonyl (C=O) groups is 1. The van der Waals surface area contributed by atoms with E-state index in [1.165, 1.54) is 32.1 Å². The Bertz CT molecular complexity index is 264. The lowest BCUT2D eigenvalue weighted by Crippen LogP contribution is -2.43. The van der Waals surface area contributed by atoms with Crippen LogP contribution in [0.15, 0.2) is 0 Å². The number of carboxylic acids is 1. The van der Waals surface area contributed by atoms with E-state index in [1.807, 2.05) is 0 Å². The molecule has 0 aromatic carbocycles. The molecule has 0 aromatic rings. The molecule has 4 heteroatoms. The first-order chi connectivity index (χ1) is 8.16. The maximum absolute atomic E-state index is 10.9. The van der Waals surface area contributed by atoms with Crippen LogP contribution in [0.4, 0.5) is 0 Å². The van der Waals surface area contributed by atoms with Gasteiger partial charge in [0.2, 0.25) is 0 Å². The van der Waals surface area contributed by atoms with Gasteiger partial charge >= 0.3 is 5.97 Å². The van der Waals surface area contributed by atoms with Crippen molar-refractivity contribution in [2.24, 2.45) is 0 Å². The highest BCUT2D eigenvalue weighted by Crippen LogP contribution is 2.25. The van der Waals surface area contributed by atoms with Crippen LogP contribution in [0.1, 0.15) is 38.5 Å². The van der Waals surface area contributed by atoms with Crippen molar-refractivity contribution in [2.45, 2.75) is 50.6 Å². The molecule has 2 rings (SSSR count). The molecular formula is C13H24N2O2. The zero-order chi connectivity index (χ0) is 12.3. The molecule has 1 aliphatic carbocycles. The standard InChI is InChI=1S/C13H24N2O2/c1-14-7-4-8-15(11-5-2-3-6-11)10-12(14)9-13(16)17/h11-12H,2-10H2,1H3,(H,16,17). The second kappa shape index (κ2) is 5.83. The number of hydrogen-bond donors (Lipinski definition) is 1. The Balaban J connectivity index is 1.96. The highest BCUT2D eigenvalue weighted by molar-refractivity contribution is 5.67. The van der Waals surface area contributed by atoms with Gasteiger partial charge in [-0.25, -0.2) is 0 Å². The largest absolute Gasteiger partial charge is 0.481 e. The van der Waals surface area contributed by atoms with Crippen molar-refractivity contribution >= 4 is 5.97 Å². The van der Waals surface area contributed by atoms with E-state index in [9.17, 15) is 4.79 Å². The summed E-state index contributed by atoms with van der Waals surface area (Å²) >= 11 is 0. The Morgan fingerprint density at radius 3 is 2.59 bits per heavy atom. The average Bonchev–Trinajstić information content (AvgIpc) is 2.73. The van der Waals surface area contributed by atoms with Crippen LogP contribution in [0.25, 0.3) is 0 Å². The van der Waals surface area contributed by atoms with Crippen molar-refractivity contribution in [1.82, 2.24) is 9.80 Å². The molecule has 98 valence electrons. The molecule has 1 saturated carbocycles. The van der Waals surface area contributed by atoms with Gasteiger partial charge in [-0.15, -0.1) is 0 Å². The number of rotatable bonds is 3. The van der Waals surface area contributed by atoms with Crippen LogP contribution < -0.4 is 0 Å². The lowest BCUT2D eigenvalue weighted by atomic mass is 10.1. The predicted octanol–water partition coefficient (Wildman–Crippen LogP) is 1.41. The van der Waals surface area contributed by atoms with Crippen LogP contribution >= 0.6 is 0 Å². The summed E-state index contributed by atoms with van der Waals surface area (Å²) in [7, 11) is 2.06. The van der Waals surface area contributed by atoms with Gasteiger partial charge in [-0.1, -0.05) is 12.8 Å². The van der Waals surface area contributed by atoms with E-state index in [2.05, 4.69) is 16.8 Å². The van der Waals surface area contributed by atoms with Crippen LogP contribution in [-0.4, -0.2) is 59.6 Å². The molecule has 1 saturated heterocycles. The van der Waals surface area contributed by atoms with Crippen molar-refractivity contribution in [2.75, 3.05) is 26.7 Å². The number of likely N-dealkylation sites (N-methyl/N-ethyl adjacent to an activating group) is 1. The fourth-order valence-electron chi connectivity index (χ4n) is 3.23. The number of nitrogens with zero attached hydrogens (tertiary/aromatic N) is 2. The van der Waals surface area contributed by atoms with E-state index >= 15 is 0 Å². The molecule has 1 N–H and O–H groups in total. The molecule has 17 heavy (non-hydrogen) atoms. The van der Waals surface area contributed by atoms with Gasteiger partial charge in [-0.3, -0.25) is 9.69 Å². The summed E-state index contributed by atoms with van der Waals surface area (Å²) in [6.45, 7) is 3.11. The molecule has 0 amide bonds. The van der Waals surface area contributed by atoms with Crippen LogP contribution in [0.2, 0.25) is 0 Å². The first-order valence-corrected chi connectivity index (χ1v) is 6.83. The Kier molecular flexibility index (Phi) is 4.40. The van der Waals surface area contributed by atoms with E-state index < -0.39 is 5.97 Å². The molecule has 0 bridgehead atoms. The minimum absolute atomic E-state index is 0.190. The van der Waals surface area contributed by atoms with Crippen LogP contribution in [-0.2, 0) is 4.79 Å². The molecular weight excluding hydrogens is 216 g/mol. The van der Waals surface area contributed by atoms with E-state index in [1.54, 1.807) is 0 Å². The molecule has 0 aromatic heterocycles. The third kappa shape index (κ3) is 3.42. The van der Waals surface area contributed by atoms with E-state index in [-0.39, 0.29) is 12.5 Å². The molecule has 1 aliphatic heterocycles. The summed E-state index contributed by atoms with van der Waals surface area (Å²) < 4.78 is 0. The molecule has 0 spiro atoms. The maximum Gasteiger partial charge on any atom is 0.304 e. The zero-order valence-electron chi connectivity index (χ0n) is 10.8. The minimum Gasteiger partial charge on any atom is -0.481 e. The minimum atomic E-state index is -0.671. The molecule has 4 nitrogen and oxygen atoms in total. The molecule has 1 heterocycles. The quantitative estimate of drug-likeness (QED) is 0.810. The summed E-state index contributed by atoms with van der Waals surface area (Å²) in [5.41, 5.74) is 0. The van der Waals surface area contributed by atoms with Gasteiger partial charge in [0.1, 0.15) is 0 Å². The summed E-state index contributed by atoms with van der Waals surface area (Å²) in [6, 6.07) is 0.911. The smallest absolute Gasteiger partial charge is 0.304 e. The van der Waals surface area contributed by atoms with Crippen LogP contribution in [0, 0.1) is 0 Å². The zero-order valence-corrected chi connectivity index (χ0v) is 10.8. The molecule has 1 atom stereocenters.